The van der Waals surface area contributed by atoms with Gasteiger partial charge in [0.15, 0.2) is 0 Å². The smallest absolute Gasteiger partial charge is 0.122 e. The number of ether oxygens (including phenoxy) is 1. The van der Waals surface area contributed by atoms with Crippen molar-refractivity contribution in [2.45, 2.75) is 39.3 Å². The van der Waals surface area contributed by atoms with Gasteiger partial charge < -0.3 is 10.5 Å². The Labute approximate surface area is 130 Å². The van der Waals surface area contributed by atoms with Gasteiger partial charge in [-0.2, -0.15) is 5.10 Å². The van der Waals surface area contributed by atoms with Gasteiger partial charge in [-0.05, 0) is 31.9 Å². The molecule has 2 rings (SSSR count). The minimum absolute atomic E-state index is 0.0276. The Kier molecular flexibility index (Phi) is 5.26. The number of para-hydroxylation sites is 1. The highest BCUT2D eigenvalue weighted by Crippen LogP contribution is 2.24. The lowest BCUT2D eigenvalue weighted by molar-refractivity contribution is 0.407. The number of halogens is 1. The second-order valence-corrected chi connectivity index (χ2v) is 5.52. The zero-order chi connectivity index (χ0) is 15.4. The van der Waals surface area contributed by atoms with E-state index in [1.54, 1.807) is 7.11 Å². The first kappa shape index (κ1) is 15.9. The number of nitrogens with two attached hydrogens (primary N) is 1. The van der Waals surface area contributed by atoms with E-state index < -0.39 is 0 Å². The molecule has 0 spiro atoms. The molecule has 114 valence electrons. The van der Waals surface area contributed by atoms with Crippen molar-refractivity contribution >= 4 is 11.6 Å². The highest BCUT2D eigenvalue weighted by atomic mass is 35.5. The summed E-state index contributed by atoms with van der Waals surface area (Å²) in [4.78, 5) is 0. The molecular weight excluding hydrogens is 286 g/mol. The lowest BCUT2D eigenvalue weighted by Gasteiger charge is -2.15. The first-order chi connectivity index (χ1) is 10.1. The van der Waals surface area contributed by atoms with E-state index in [4.69, 9.17) is 22.1 Å². The number of aromatic nitrogens is 2. The second kappa shape index (κ2) is 6.96. The molecule has 1 aromatic heterocycles. The Hall–Kier alpha value is -1.52. The van der Waals surface area contributed by atoms with Crippen LogP contribution in [0.2, 0.25) is 5.02 Å². The predicted molar refractivity (Wildman–Crippen MR) is 86.0 cm³/mol. The van der Waals surface area contributed by atoms with Gasteiger partial charge in [0, 0.05) is 19.0 Å². The molecule has 5 heteroatoms. The van der Waals surface area contributed by atoms with E-state index in [0.29, 0.717) is 6.42 Å². The normalized spacial score (nSPS) is 12.4. The van der Waals surface area contributed by atoms with Crippen LogP contribution in [0.25, 0.3) is 0 Å². The largest absolute Gasteiger partial charge is 0.496 e. The number of nitrogens with zero attached hydrogens (tertiary/aromatic N) is 2. The molecule has 1 heterocycles. The van der Waals surface area contributed by atoms with Crippen molar-refractivity contribution in [2.24, 2.45) is 5.73 Å². The molecule has 0 aliphatic heterocycles. The molecule has 0 aliphatic rings. The van der Waals surface area contributed by atoms with Crippen molar-refractivity contribution < 1.29 is 4.74 Å². The average Bonchev–Trinajstić information content (AvgIpc) is 2.75. The Morgan fingerprint density at radius 1 is 1.33 bits per heavy atom. The molecule has 0 amide bonds. The van der Waals surface area contributed by atoms with Crippen molar-refractivity contribution in [1.82, 2.24) is 9.78 Å². The fourth-order valence-electron chi connectivity index (χ4n) is 2.54. The minimum Gasteiger partial charge on any atom is -0.496 e. The third-order valence-electron chi connectivity index (χ3n) is 3.58. The molecule has 21 heavy (non-hydrogen) atoms. The van der Waals surface area contributed by atoms with Gasteiger partial charge in [0.2, 0.25) is 0 Å². The number of rotatable bonds is 6. The monoisotopic (exact) mass is 307 g/mol. The van der Waals surface area contributed by atoms with Crippen LogP contribution in [0, 0.1) is 6.92 Å². The van der Waals surface area contributed by atoms with Gasteiger partial charge in [-0.15, -0.1) is 0 Å². The van der Waals surface area contributed by atoms with Gasteiger partial charge in [0.1, 0.15) is 5.75 Å². The zero-order valence-electron chi connectivity index (χ0n) is 12.8. The molecule has 2 aromatic rings. The number of aryl methyl sites for hydroxylation is 2. The van der Waals surface area contributed by atoms with E-state index in [-0.39, 0.29) is 6.04 Å². The van der Waals surface area contributed by atoms with Crippen LogP contribution in [0.3, 0.4) is 0 Å². The molecule has 1 atom stereocenters. The van der Waals surface area contributed by atoms with Crippen LogP contribution in [0.4, 0.5) is 0 Å². The summed E-state index contributed by atoms with van der Waals surface area (Å²) in [5, 5.41) is 5.16. The summed E-state index contributed by atoms with van der Waals surface area (Å²) in [5.41, 5.74) is 9.29. The van der Waals surface area contributed by atoms with E-state index in [1.807, 2.05) is 35.9 Å². The Morgan fingerprint density at radius 2 is 2.05 bits per heavy atom. The molecule has 0 saturated carbocycles. The second-order valence-electron chi connectivity index (χ2n) is 5.14. The fourth-order valence-corrected chi connectivity index (χ4v) is 2.75. The zero-order valence-corrected chi connectivity index (χ0v) is 13.5. The number of hydrogen-bond donors (Lipinski definition) is 1. The minimum atomic E-state index is -0.0276. The SMILES string of the molecule is CCn1nc(C)c(Cl)c1CC(N)Cc1ccccc1OC. The topological polar surface area (TPSA) is 53.1 Å². The van der Waals surface area contributed by atoms with E-state index in [0.717, 1.165) is 40.7 Å². The first-order valence-electron chi connectivity index (χ1n) is 7.16. The lowest BCUT2D eigenvalue weighted by atomic mass is 10.0. The van der Waals surface area contributed by atoms with Crippen LogP contribution in [0.15, 0.2) is 24.3 Å². The molecule has 1 aromatic carbocycles. The summed E-state index contributed by atoms with van der Waals surface area (Å²) in [6, 6.07) is 7.93. The van der Waals surface area contributed by atoms with E-state index in [1.165, 1.54) is 0 Å². The average molecular weight is 308 g/mol. The summed E-state index contributed by atoms with van der Waals surface area (Å²) in [5.74, 6) is 0.874. The van der Waals surface area contributed by atoms with Crippen LogP contribution in [0.1, 0.15) is 23.9 Å². The van der Waals surface area contributed by atoms with Gasteiger partial charge >= 0.3 is 0 Å². The van der Waals surface area contributed by atoms with E-state index in [2.05, 4.69) is 12.0 Å². The number of benzene rings is 1. The molecule has 0 bridgehead atoms. The predicted octanol–water partition coefficient (Wildman–Crippen LogP) is 2.99. The summed E-state index contributed by atoms with van der Waals surface area (Å²) in [6.45, 7) is 4.77. The van der Waals surface area contributed by atoms with Crippen molar-refractivity contribution in [3.63, 3.8) is 0 Å². The van der Waals surface area contributed by atoms with Gasteiger partial charge in [-0.25, -0.2) is 0 Å². The van der Waals surface area contributed by atoms with Gasteiger partial charge in [0.25, 0.3) is 0 Å². The van der Waals surface area contributed by atoms with Gasteiger partial charge in [0.05, 0.1) is 23.5 Å². The maximum Gasteiger partial charge on any atom is 0.122 e. The van der Waals surface area contributed by atoms with Crippen molar-refractivity contribution in [3.05, 3.63) is 46.2 Å². The first-order valence-corrected chi connectivity index (χ1v) is 7.53. The Morgan fingerprint density at radius 3 is 2.71 bits per heavy atom. The summed E-state index contributed by atoms with van der Waals surface area (Å²) in [7, 11) is 1.68. The third kappa shape index (κ3) is 3.57. The maximum absolute atomic E-state index is 6.33. The fraction of sp³-hybridized carbons (Fsp3) is 0.438. The van der Waals surface area contributed by atoms with Crippen LogP contribution in [-0.2, 0) is 19.4 Å². The molecule has 0 radical (unpaired) electrons. The highest BCUT2D eigenvalue weighted by molar-refractivity contribution is 6.31. The molecule has 1 unspecified atom stereocenters. The van der Waals surface area contributed by atoms with Crippen LogP contribution >= 0.6 is 11.6 Å². The van der Waals surface area contributed by atoms with E-state index >= 15 is 0 Å². The van der Waals surface area contributed by atoms with Gasteiger partial charge in [-0.3, -0.25) is 4.68 Å². The quantitative estimate of drug-likeness (QED) is 0.892. The standard InChI is InChI=1S/C16H22ClN3O/c1-4-20-14(16(17)11(2)19-20)10-13(18)9-12-7-5-6-8-15(12)21-3/h5-8,13H,4,9-10,18H2,1-3H3. The summed E-state index contributed by atoms with van der Waals surface area (Å²) in [6.07, 6.45) is 1.44. The lowest BCUT2D eigenvalue weighted by Crippen LogP contribution is -2.27. The van der Waals surface area contributed by atoms with Crippen molar-refractivity contribution in [2.75, 3.05) is 7.11 Å². The Balaban J connectivity index is 2.13. The van der Waals surface area contributed by atoms with Crippen molar-refractivity contribution in [1.29, 1.82) is 0 Å². The molecule has 2 N–H and O–H groups in total. The number of hydrogen-bond acceptors (Lipinski definition) is 3. The summed E-state index contributed by atoms with van der Waals surface area (Å²) < 4.78 is 7.30. The van der Waals surface area contributed by atoms with Crippen LogP contribution < -0.4 is 10.5 Å². The van der Waals surface area contributed by atoms with Crippen molar-refractivity contribution in [3.8, 4) is 5.75 Å². The van der Waals surface area contributed by atoms with E-state index in [9.17, 15) is 0 Å². The highest BCUT2D eigenvalue weighted by Gasteiger charge is 2.17. The summed E-state index contributed by atoms with van der Waals surface area (Å²) >= 11 is 6.33. The van der Waals surface area contributed by atoms with Crippen LogP contribution in [0.5, 0.6) is 5.75 Å². The molecule has 0 fully saturated rings. The molecule has 0 aliphatic carbocycles. The van der Waals surface area contributed by atoms with Crippen LogP contribution in [-0.4, -0.2) is 22.9 Å². The molecule has 0 saturated heterocycles. The molecular formula is C16H22ClN3O. The Bertz CT molecular complexity index is 610. The maximum atomic E-state index is 6.33. The third-order valence-corrected chi connectivity index (χ3v) is 4.07. The van der Waals surface area contributed by atoms with Gasteiger partial charge in [-0.1, -0.05) is 29.8 Å². The molecule has 4 nitrogen and oxygen atoms in total. The number of methoxy groups -OCH3 is 1.